The highest BCUT2D eigenvalue weighted by molar-refractivity contribution is 8.00. The Kier molecular flexibility index (Phi) is 4.69. The van der Waals surface area contributed by atoms with Crippen LogP contribution in [0.25, 0.3) is 22.2 Å². The molecule has 4 rings (SSSR count). The molecule has 0 aliphatic carbocycles. The number of benzene rings is 1. The van der Waals surface area contributed by atoms with Gasteiger partial charge < -0.3 is 4.42 Å². The number of rotatable bonds is 4. The smallest absolute Gasteiger partial charge is 0.337 e. The average Bonchev–Trinajstić information content (AvgIpc) is 3.14. The largest absolute Gasteiger partial charge is 0.417 e. The van der Waals surface area contributed by atoms with Gasteiger partial charge in [0.15, 0.2) is 10.1 Å². The first-order valence-corrected chi connectivity index (χ1v) is 9.87. The van der Waals surface area contributed by atoms with Crippen LogP contribution in [0.4, 0.5) is 5.13 Å². The molecule has 0 spiro atoms. The second kappa shape index (κ2) is 7.29. The van der Waals surface area contributed by atoms with Crippen molar-refractivity contribution >= 4 is 45.0 Å². The molecule has 0 atom stereocenters. The zero-order valence-electron chi connectivity index (χ0n) is 14.0. The third kappa shape index (κ3) is 3.74. The molecule has 0 saturated heterocycles. The molecule has 0 bridgehead atoms. The SMILES string of the molecule is CSc1nnc(NC(=O)c2cc(-c3ccc4ccccc4n3)cc(=O)o2)s1. The number of carbonyl (C=O) groups excluding carboxylic acids is 1. The lowest BCUT2D eigenvalue weighted by atomic mass is 10.1. The third-order valence-electron chi connectivity index (χ3n) is 3.69. The molecule has 7 nitrogen and oxygen atoms in total. The molecule has 0 aliphatic rings. The molecule has 27 heavy (non-hydrogen) atoms. The van der Waals surface area contributed by atoms with E-state index in [1.807, 2.05) is 36.6 Å². The van der Waals surface area contributed by atoms with Crippen molar-refractivity contribution in [2.45, 2.75) is 4.34 Å². The Bertz CT molecular complexity index is 1200. The van der Waals surface area contributed by atoms with Gasteiger partial charge >= 0.3 is 5.63 Å². The topological polar surface area (TPSA) is 98.0 Å². The van der Waals surface area contributed by atoms with Gasteiger partial charge in [0.05, 0.1) is 11.2 Å². The van der Waals surface area contributed by atoms with Gasteiger partial charge in [-0.2, -0.15) is 0 Å². The lowest BCUT2D eigenvalue weighted by Gasteiger charge is -2.05. The van der Waals surface area contributed by atoms with Gasteiger partial charge in [-0.1, -0.05) is 47.4 Å². The van der Waals surface area contributed by atoms with Crippen molar-refractivity contribution in [2.75, 3.05) is 11.6 Å². The van der Waals surface area contributed by atoms with E-state index in [-0.39, 0.29) is 5.76 Å². The fourth-order valence-corrected chi connectivity index (χ4v) is 3.63. The molecule has 3 heterocycles. The fraction of sp³-hybridized carbons (Fsp3) is 0.0556. The van der Waals surface area contributed by atoms with Crippen molar-refractivity contribution in [3.8, 4) is 11.3 Å². The number of pyridine rings is 1. The molecule has 3 aromatic heterocycles. The standard InChI is InChI=1S/C18H12N4O3S2/c1-26-18-22-21-17(27-18)20-16(24)14-8-11(9-15(23)25-14)13-7-6-10-4-2-3-5-12(10)19-13/h2-9H,1H3,(H,20,21,24). The summed E-state index contributed by atoms with van der Waals surface area (Å²) in [4.78, 5) is 28.9. The molecular weight excluding hydrogens is 384 g/mol. The summed E-state index contributed by atoms with van der Waals surface area (Å²) in [5, 5.41) is 11.7. The number of aromatic nitrogens is 3. The van der Waals surface area contributed by atoms with E-state index < -0.39 is 11.5 Å². The summed E-state index contributed by atoms with van der Waals surface area (Å²) >= 11 is 2.67. The van der Waals surface area contributed by atoms with Crippen LogP contribution in [0, 0.1) is 0 Å². The molecule has 1 N–H and O–H groups in total. The van der Waals surface area contributed by atoms with Gasteiger partial charge in [0.1, 0.15) is 0 Å². The number of thioether (sulfide) groups is 1. The van der Waals surface area contributed by atoms with Crippen LogP contribution >= 0.6 is 23.1 Å². The van der Waals surface area contributed by atoms with Crippen LogP contribution in [0.3, 0.4) is 0 Å². The number of nitrogens with zero attached hydrogens (tertiary/aromatic N) is 3. The minimum atomic E-state index is -0.630. The zero-order chi connectivity index (χ0) is 18.8. The summed E-state index contributed by atoms with van der Waals surface area (Å²) in [5.41, 5.74) is 1.25. The Morgan fingerprint density at radius 2 is 2.00 bits per heavy atom. The van der Waals surface area contributed by atoms with Crippen LogP contribution in [-0.4, -0.2) is 27.3 Å². The Morgan fingerprint density at radius 3 is 2.81 bits per heavy atom. The maximum atomic E-state index is 12.4. The number of nitrogens with one attached hydrogen (secondary N) is 1. The number of amides is 1. The molecule has 4 aromatic rings. The number of hydrogen-bond acceptors (Lipinski definition) is 8. The van der Waals surface area contributed by atoms with Crippen LogP contribution in [0.1, 0.15) is 10.6 Å². The molecule has 9 heteroatoms. The lowest BCUT2D eigenvalue weighted by molar-refractivity contribution is 0.0992. The first-order valence-electron chi connectivity index (χ1n) is 7.82. The van der Waals surface area contributed by atoms with Gasteiger partial charge in [-0.3, -0.25) is 10.1 Å². The van der Waals surface area contributed by atoms with E-state index in [2.05, 4.69) is 20.5 Å². The van der Waals surface area contributed by atoms with Gasteiger partial charge in [-0.15, -0.1) is 10.2 Å². The number of fused-ring (bicyclic) bond motifs is 1. The minimum absolute atomic E-state index is 0.117. The highest BCUT2D eigenvalue weighted by Crippen LogP contribution is 2.24. The van der Waals surface area contributed by atoms with E-state index in [0.717, 1.165) is 15.2 Å². The second-order valence-corrected chi connectivity index (χ2v) is 7.48. The van der Waals surface area contributed by atoms with Crippen molar-refractivity contribution in [1.82, 2.24) is 15.2 Å². The van der Waals surface area contributed by atoms with Crippen LogP contribution < -0.4 is 10.9 Å². The first kappa shape index (κ1) is 17.4. The van der Waals surface area contributed by atoms with Crippen LogP contribution in [-0.2, 0) is 0 Å². The molecule has 0 unspecified atom stereocenters. The van der Waals surface area contributed by atoms with Crippen LogP contribution in [0.5, 0.6) is 0 Å². The summed E-state index contributed by atoms with van der Waals surface area (Å²) in [6.45, 7) is 0. The van der Waals surface area contributed by atoms with Gasteiger partial charge in [0.25, 0.3) is 5.91 Å². The lowest BCUT2D eigenvalue weighted by Crippen LogP contribution is -2.14. The van der Waals surface area contributed by atoms with E-state index in [9.17, 15) is 9.59 Å². The molecule has 1 aromatic carbocycles. The van der Waals surface area contributed by atoms with E-state index in [1.165, 1.54) is 35.2 Å². The van der Waals surface area contributed by atoms with E-state index >= 15 is 0 Å². The third-order valence-corrected chi connectivity index (χ3v) is 5.50. The molecule has 0 radical (unpaired) electrons. The average molecular weight is 396 g/mol. The fourth-order valence-electron chi connectivity index (χ4n) is 2.47. The number of para-hydroxylation sites is 1. The molecule has 0 fully saturated rings. The Morgan fingerprint density at radius 1 is 1.15 bits per heavy atom. The van der Waals surface area contributed by atoms with Crippen molar-refractivity contribution in [2.24, 2.45) is 0 Å². The van der Waals surface area contributed by atoms with Crippen molar-refractivity contribution < 1.29 is 9.21 Å². The maximum Gasteiger partial charge on any atom is 0.337 e. The van der Waals surface area contributed by atoms with E-state index in [4.69, 9.17) is 4.42 Å². The number of carbonyl (C=O) groups is 1. The normalized spacial score (nSPS) is 10.9. The molecule has 134 valence electrons. The first-order chi connectivity index (χ1) is 13.1. The second-order valence-electron chi connectivity index (χ2n) is 5.45. The molecule has 1 amide bonds. The van der Waals surface area contributed by atoms with Gasteiger partial charge in [-0.25, -0.2) is 9.78 Å². The Balaban J connectivity index is 1.67. The quantitative estimate of drug-likeness (QED) is 0.415. The van der Waals surface area contributed by atoms with Gasteiger partial charge in [-0.05, 0) is 24.5 Å². The van der Waals surface area contributed by atoms with E-state index in [0.29, 0.717) is 16.4 Å². The number of anilines is 1. The summed E-state index contributed by atoms with van der Waals surface area (Å²) < 4.78 is 5.77. The molecule has 0 aliphatic heterocycles. The van der Waals surface area contributed by atoms with Crippen LogP contribution in [0.2, 0.25) is 0 Å². The monoisotopic (exact) mass is 396 g/mol. The number of hydrogen-bond donors (Lipinski definition) is 1. The maximum absolute atomic E-state index is 12.4. The predicted molar refractivity (Wildman–Crippen MR) is 105 cm³/mol. The summed E-state index contributed by atoms with van der Waals surface area (Å²) in [5.74, 6) is -0.688. The van der Waals surface area contributed by atoms with Crippen molar-refractivity contribution in [3.05, 3.63) is 64.7 Å². The van der Waals surface area contributed by atoms with Gasteiger partial charge in [0, 0.05) is 17.0 Å². The summed E-state index contributed by atoms with van der Waals surface area (Å²) in [7, 11) is 0. The Hall–Kier alpha value is -3.04. The summed E-state index contributed by atoms with van der Waals surface area (Å²) in [6, 6.07) is 14.2. The Labute approximate surface area is 161 Å². The van der Waals surface area contributed by atoms with Crippen molar-refractivity contribution in [3.63, 3.8) is 0 Å². The zero-order valence-corrected chi connectivity index (χ0v) is 15.6. The predicted octanol–water partition coefficient (Wildman–Crippen LogP) is 3.68. The highest BCUT2D eigenvalue weighted by Gasteiger charge is 2.15. The minimum Gasteiger partial charge on any atom is -0.417 e. The summed E-state index contributed by atoms with van der Waals surface area (Å²) in [6.07, 6.45) is 1.87. The van der Waals surface area contributed by atoms with Crippen molar-refractivity contribution in [1.29, 1.82) is 0 Å². The van der Waals surface area contributed by atoms with Crippen LogP contribution in [0.15, 0.2) is 62.1 Å². The van der Waals surface area contributed by atoms with E-state index in [1.54, 1.807) is 6.07 Å². The highest BCUT2D eigenvalue weighted by atomic mass is 32.2. The molecular formula is C18H12N4O3S2. The van der Waals surface area contributed by atoms with Gasteiger partial charge in [0.2, 0.25) is 5.13 Å². The molecule has 0 saturated carbocycles.